The van der Waals surface area contributed by atoms with Crippen molar-refractivity contribution in [3.05, 3.63) is 125 Å². The molecular weight excluding hydrogens is 1080 g/mol. The molecule has 4 N–H and O–H groups in total. The molecule has 4 fully saturated rings. The summed E-state index contributed by atoms with van der Waals surface area (Å²) in [4.78, 5) is 70.7. The first-order valence-corrected chi connectivity index (χ1v) is 26.5. The Balaban J connectivity index is 0.000000186. The van der Waals surface area contributed by atoms with E-state index in [1.807, 2.05) is 9.80 Å². The number of hydrogen-bond donors (Lipinski definition) is 4. The van der Waals surface area contributed by atoms with Crippen molar-refractivity contribution in [2.75, 3.05) is 53.7 Å². The first kappa shape index (κ1) is 54.9. The highest BCUT2D eigenvalue weighted by Crippen LogP contribution is 2.43. The average Bonchev–Trinajstić information content (AvgIpc) is 4.21. The maximum atomic E-state index is 15.5. The summed E-state index contributed by atoms with van der Waals surface area (Å²) in [5.41, 5.74) is 1.55. The van der Waals surface area contributed by atoms with E-state index in [1.54, 1.807) is 35.3 Å². The normalized spacial score (nSPS) is 27.5. The molecular formula is C50H50Cl2F4N8O10S2. The molecule has 18 nitrogen and oxygen atoms in total. The molecule has 6 aliphatic rings. The number of esters is 2. The molecule has 4 aromatic rings. The van der Waals surface area contributed by atoms with Crippen molar-refractivity contribution in [1.29, 1.82) is 0 Å². The number of aliphatic imine (C=N–C) groups is 2. The van der Waals surface area contributed by atoms with Crippen molar-refractivity contribution in [1.82, 2.24) is 30.4 Å². The van der Waals surface area contributed by atoms with Crippen molar-refractivity contribution in [3.8, 4) is 0 Å². The molecule has 0 aliphatic carbocycles. The number of benzene rings is 2. The number of aromatic nitrogens is 2. The molecule has 4 saturated heterocycles. The minimum atomic E-state index is -1.44. The van der Waals surface area contributed by atoms with Crippen molar-refractivity contribution in [3.63, 3.8) is 0 Å². The first-order chi connectivity index (χ1) is 36.6. The number of carbonyl (C=O) groups excluding carboxylic acids is 2. The lowest BCUT2D eigenvalue weighted by Crippen LogP contribution is -2.63. The average molecular weight is 1130 g/mol. The molecule has 2 aromatic carbocycles. The second-order valence-electron chi connectivity index (χ2n) is 18.7. The maximum absolute atomic E-state index is 15.5. The van der Waals surface area contributed by atoms with Gasteiger partial charge in [-0.2, -0.15) is 0 Å². The summed E-state index contributed by atoms with van der Waals surface area (Å²) in [6.07, 6.45) is 0.388. The minimum Gasteiger partial charge on any atom is -0.481 e. The number of thiazole rings is 2. The number of fused-ring (bicyclic) bond motifs is 4. The minimum absolute atomic E-state index is 0.0845. The Kier molecular flexibility index (Phi) is 17.2. The van der Waals surface area contributed by atoms with E-state index in [9.17, 15) is 38.2 Å². The third kappa shape index (κ3) is 11.4. The van der Waals surface area contributed by atoms with Crippen LogP contribution in [-0.2, 0) is 38.1 Å². The Hall–Kier alpha value is -5.86. The molecule has 2 aromatic heterocycles. The largest absolute Gasteiger partial charge is 0.481 e. The highest BCUT2D eigenvalue weighted by molar-refractivity contribution is 7.12. The fourth-order valence-corrected chi connectivity index (χ4v) is 12.4. The van der Waals surface area contributed by atoms with Crippen LogP contribution < -0.4 is 10.6 Å². The number of hydrogen-bond acceptors (Lipinski definition) is 18. The van der Waals surface area contributed by atoms with Gasteiger partial charge in [-0.3, -0.25) is 29.4 Å². The van der Waals surface area contributed by atoms with Crippen LogP contribution in [0.1, 0.15) is 58.9 Å². The number of aliphatic carboxylic acids is 2. The van der Waals surface area contributed by atoms with Gasteiger partial charge in [-0.25, -0.2) is 37.1 Å². The SMILES string of the molecule is COC(=O)C1=C(CN2[C@@H]3COC[C@H]2[C@H](F)[C@@H](CC(=O)O)C3)NC(c2nccs2)=N[C@H]1c1cccc(F)c1Cl.COC(=O)C1=C(CN2[C@H]3COC[C@@H]2[C@@H](F)[C@H](CC(=O)O)C3)NC(c2nccs2)=N[C@H]1c1cccc(F)c1Cl. The lowest BCUT2D eigenvalue weighted by Gasteiger charge is -2.50. The molecule has 6 aliphatic heterocycles. The lowest BCUT2D eigenvalue weighted by molar-refractivity contribution is -0.146. The third-order valence-electron chi connectivity index (χ3n) is 14.2. The Morgan fingerprint density at radius 2 is 1.09 bits per heavy atom. The number of morpholine rings is 2. The quantitative estimate of drug-likeness (QED) is 0.0760. The zero-order valence-corrected chi connectivity index (χ0v) is 43.7. The Labute approximate surface area is 450 Å². The molecule has 0 unspecified atom stereocenters. The highest BCUT2D eigenvalue weighted by Gasteiger charge is 2.50. The predicted octanol–water partition coefficient (Wildman–Crippen LogP) is 6.71. The van der Waals surface area contributed by atoms with E-state index in [0.717, 1.165) is 0 Å². The van der Waals surface area contributed by atoms with Crippen LogP contribution in [0.5, 0.6) is 0 Å². The standard InChI is InChI=1S/2C25H25ClF2N4O5S/c2*1-36-25(35)19-16(9-32-13-7-12(8-18(33)34)21(28)17(32)11-37-10-13)30-23(24-29-5-6-38-24)31-22(19)14-3-2-4-15(27)20(14)26/h2*2-6,12-13,17,21-22H,7-11H2,1H3,(H,30,31)(H,33,34)/t12-,13+,17+,21-,22+;12-,13+,17+,21-,22-/m10/s1. The number of methoxy groups -OCH3 is 2. The van der Waals surface area contributed by atoms with Crippen LogP contribution in [0, 0.1) is 23.5 Å². The van der Waals surface area contributed by atoms with Gasteiger partial charge in [-0.05, 0) is 25.0 Å². The summed E-state index contributed by atoms with van der Waals surface area (Å²) in [5, 5.41) is 29.2. The van der Waals surface area contributed by atoms with Gasteiger partial charge in [0.15, 0.2) is 21.7 Å². The van der Waals surface area contributed by atoms with Crippen molar-refractivity contribution in [2.45, 2.75) is 74.3 Å². The van der Waals surface area contributed by atoms with E-state index in [1.165, 1.54) is 61.2 Å². The van der Waals surface area contributed by atoms with Crippen LogP contribution in [0.2, 0.25) is 10.0 Å². The second kappa shape index (κ2) is 23.8. The molecule has 26 heteroatoms. The van der Waals surface area contributed by atoms with Gasteiger partial charge >= 0.3 is 23.9 Å². The van der Waals surface area contributed by atoms with Crippen molar-refractivity contribution < 1.29 is 65.9 Å². The number of amidine groups is 2. The van der Waals surface area contributed by atoms with Gasteiger partial charge in [0.1, 0.15) is 36.1 Å². The maximum Gasteiger partial charge on any atom is 0.338 e. The summed E-state index contributed by atoms with van der Waals surface area (Å²) < 4.78 is 81.5. The molecule has 0 radical (unpaired) electrons. The van der Waals surface area contributed by atoms with Gasteiger partial charge in [-0.15, -0.1) is 22.7 Å². The Bertz CT molecular complexity index is 2780. The van der Waals surface area contributed by atoms with E-state index in [2.05, 4.69) is 30.6 Å². The number of rotatable bonds is 14. The number of alkyl halides is 2. The number of carboxylic acids is 2. The molecule has 0 amide bonds. The number of nitrogens with one attached hydrogen (secondary N) is 2. The fourth-order valence-electron chi connectivity index (χ4n) is 10.8. The van der Waals surface area contributed by atoms with Gasteiger partial charge < -0.3 is 39.8 Å². The predicted molar refractivity (Wildman–Crippen MR) is 271 cm³/mol. The topological polar surface area (TPSA) is 227 Å². The summed E-state index contributed by atoms with van der Waals surface area (Å²) >= 11 is 15.3. The van der Waals surface area contributed by atoms with E-state index in [0.29, 0.717) is 46.3 Å². The summed E-state index contributed by atoms with van der Waals surface area (Å²) in [5.74, 6) is -5.37. The smallest absolute Gasteiger partial charge is 0.338 e. The lowest BCUT2D eigenvalue weighted by atomic mass is 9.81. The second-order valence-corrected chi connectivity index (χ2v) is 21.2. The number of halogens is 6. The Morgan fingerprint density at radius 3 is 1.45 bits per heavy atom. The van der Waals surface area contributed by atoms with Crippen LogP contribution >= 0.6 is 45.9 Å². The summed E-state index contributed by atoms with van der Waals surface area (Å²) in [7, 11) is 2.46. The number of carbonyl (C=O) groups is 4. The van der Waals surface area contributed by atoms with Crippen LogP contribution in [0.15, 0.2) is 92.1 Å². The third-order valence-corrected chi connectivity index (χ3v) is 16.6. The number of ether oxygens (including phenoxy) is 4. The van der Waals surface area contributed by atoms with Gasteiger partial charge in [0.25, 0.3) is 0 Å². The molecule has 8 heterocycles. The van der Waals surface area contributed by atoms with Crippen LogP contribution in [0.25, 0.3) is 0 Å². The van der Waals surface area contributed by atoms with Crippen LogP contribution in [0.4, 0.5) is 17.6 Å². The molecule has 404 valence electrons. The molecule has 10 rings (SSSR count). The van der Waals surface area contributed by atoms with Crippen molar-refractivity contribution >= 4 is 81.4 Å². The van der Waals surface area contributed by atoms with Crippen molar-refractivity contribution in [2.24, 2.45) is 21.8 Å². The first-order valence-electron chi connectivity index (χ1n) is 23.9. The molecule has 4 bridgehead atoms. The van der Waals surface area contributed by atoms with E-state index < -0.39 is 83.9 Å². The molecule has 0 saturated carbocycles. The number of piperidine rings is 2. The van der Waals surface area contributed by atoms with Gasteiger partial charge in [0.2, 0.25) is 0 Å². The van der Waals surface area contributed by atoms with Gasteiger partial charge in [-0.1, -0.05) is 47.5 Å². The van der Waals surface area contributed by atoms with Crippen LogP contribution in [0.3, 0.4) is 0 Å². The van der Waals surface area contributed by atoms with E-state index >= 15 is 8.78 Å². The monoisotopic (exact) mass is 1130 g/mol. The molecule has 10 atom stereocenters. The van der Waals surface area contributed by atoms with Gasteiger partial charge in [0.05, 0.1) is 86.8 Å². The van der Waals surface area contributed by atoms with E-state index in [-0.39, 0.29) is 96.4 Å². The summed E-state index contributed by atoms with van der Waals surface area (Å²) in [6.45, 7) is 0.955. The fraction of sp³-hybridized carbons (Fsp3) is 0.440. The van der Waals surface area contributed by atoms with Crippen LogP contribution in [-0.4, -0.2) is 156 Å². The highest BCUT2D eigenvalue weighted by atomic mass is 35.5. The molecule has 0 spiro atoms. The Morgan fingerprint density at radius 1 is 0.684 bits per heavy atom. The zero-order chi connectivity index (χ0) is 53.9. The zero-order valence-electron chi connectivity index (χ0n) is 40.5. The molecule has 76 heavy (non-hydrogen) atoms. The summed E-state index contributed by atoms with van der Waals surface area (Å²) in [6, 6.07) is 4.58. The van der Waals surface area contributed by atoms with E-state index in [4.69, 9.17) is 42.1 Å². The number of carboxylic acid groups (broad SMARTS) is 2. The van der Waals surface area contributed by atoms with Gasteiger partial charge in [0, 0.05) is 82.7 Å². The number of nitrogens with zero attached hydrogens (tertiary/aromatic N) is 6.